The highest BCUT2D eigenvalue weighted by molar-refractivity contribution is 7.91. The molecule has 1 rings (SSSR count). The summed E-state index contributed by atoms with van der Waals surface area (Å²) < 4.78 is 27.0. The molecule has 114 valence electrons. The molecule has 0 spiro atoms. The fourth-order valence-corrected chi connectivity index (χ4v) is 4.87. The minimum Gasteiger partial charge on any atom is -0.312 e. The minimum absolute atomic E-state index is 0.0817. The lowest BCUT2D eigenvalue weighted by molar-refractivity contribution is 0.384. The van der Waals surface area contributed by atoms with Crippen LogP contribution in [0.2, 0.25) is 0 Å². The van der Waals surface area contributed by atoms with E-state index in [2.05, 4.69) is 18.8 Å². The Balaban J connectivity index is 2.89. The van der Waals surface area contributed by atoms with Crippen LogP contribution in [0.5, 0.6) is 0 Å². The summed E-state index contributed by atoms with van der Waals surface area (Å²) in [5.74, 6) is 0. The molecule has 0 unspecified atom stereocenters. The smallest absolute Gasteiger partial charge is 0.253 e. The lowest BCUT2D eigenvalue weighted by atomic mass is 10.4. The van der Waals surface area contributed by atoms with E-state index in [9.17, 15) is 8.42 Å². The first-order valence-electron chi connectivity index (χ1n) is 6.85. The van der Waals surface area contributed by atoms with Gasteiger partial charge in [-0.15, -0.1) is 17.9 Å². The van der Waals surface area contributed by atoms with Crippen LogP contribution in [0.4, 0.5) is 0 Å². The van der Waals surface area contributed by atoms with Crippen molar-refractivity contribution in [3.05, 3.63) is 29.7 Å². The number of nitrogens with one attached hydrogen (secondary N) is 1. The highest BCUT2D eigenvalue weighted by Crippen LogP contribution is 2.26. The van der Waals surface area contributed by atoms with E-state index >= 15 is 0 Å². The van der Waals surface area contributed by atoms with E-state index in [0.29, 0.717) is 10.8 Å². The molecule has 1 aromatic heterocycles. The molecule has 0 atom stereocenters. The standard InChI is InChI=1S/C14H24N2O2S2/c1-5-9-15-11-13-7-8-14(19-13)20(17,18)16(10-6-2)12(3)4/h6-8,12,15H,2,5,9-11H2,1,3-4H3. The van der Waals surface area contributed by atoms with Gasteiger partial charge < -0.3 is 5.32 Å². The topological polar surface area (TPSA) is 49.4 Å². The molecule has 6 heteroatoms. The third-order valence-electron chi connectivity index (χ3n) is 2.81. The molecule has 0 saturated heterocycles. The molecule has 0 amide bonds. The number of nitrogens with zero attached hydrogens (tertiary/aromatic N) is 1. The lowest BCUT2D eigenvalue weighted by Crippen LogP contribution is -2.36. The van der Waals surface area contributed by atoms with E-state index in [1.54, 1.807) is 12.1 Å². The van der Waals surface area contributed by atoms with Gasteiger partial charge in [0.05, 0.1) is 0 Å². The number of sulfonamides is 1. The maximum absolute atomic E-state index is 12.6. The van der Waals surface area contributed by atoms with E-state index in [4.69, 9.17) is 0 Å². The Kier molecular flexibility index (Phi) is 6.88. The predicted octanol–water partition coefficient (Wildman–Crippen LogP) is 2.83. The van der Waals surface area contributed by atoms with Crippen LogP contribution < -0.4 is 5.32 Å². The Morgan fingerprint density at radius 2 is 2.15 bits per heavy atom. The van der Waals surface area contributed by atoms with Gasteiger partial charge in [0.25, 0.3) is 10.0 Å². The third kappa shape index (κ3) is 4.41. The van der Waals surface area contributed by atoms with Crippen molar-refractivity contribution in [2.24, 2.45) is 0 Å². The van der Waals surface area contributed by atoms with Crippen LogP contribution in [0, 0.1) is 0 Å². The quantitative estimate of drug-likeness (QED) is 0.563. The van der Waals surface area contributed by atoms with Crippen molar-refractivity contribution < 1.29 is 8.42 Å². The zero-order valence-electron chi connectivity index (χ0n) is 12.4. The average molecular weight is 316 g/mol. The highest BCUT2D eigenvalue weighted by Gasteiger charge is 2.27. The van der Waals surface area contributed by atoms with E-state index < -0.39 is 10.0 Å². The fraction of sp³-hybridized carbons (Fsp3) is 0.571. The molecule has 0 aromatic carbocycles. The van der Waals surface area contributed by atoms with E-state index in [-0.39, 0.29) is 6.04 Å². The molecule has 0 aliphatic carbocycles. The van der Waals surface area contributed by atoms with Crippen molar-refractivity contribution >= 4 is 21.4 Å². The van der Waals surface area contributed by atoms with Gasteiger partial charge in [0.2, 0.25) is 0 Å². The average Bonchev–Trinajstić information content (AvgIpc) is 2.85. The fourth-order valence-electron chi connectivity index (χ4n) is 1.81. The number of hydrogen-bond acceptors (Lipinski definition) is 4. The van der Waals surface area contributed by atoms with Crippen LogP contribution in [0.3, 0.4) is 0 Å². The van der Waals surface area contributed by atoms with Gasteiger partial charge in [0.1, 0.15) is 4.21 Å². The van der Waals surface area contributed by atoms with Crippen molar-refractivity contribution in [1.82, 2.24) is 9.62 Å². The highest BCUT2D eigenvalue weighted by atomic mass is 32.2. The Bertz CT molecular complexity index is 521. The Morgan fingerprint density at radius 3 is 2.70 bits per heavy atom. The molecular weight excluding hydrogens is 292 g/mol. The molecule has 20 heavy (non-hydrogen) atoms. The van der Waals surface area contributed by atoms with Gasteiger partial charge in [-0.3, -0.25) is 0 Å². The first-order chi connectivity index (χ1) is 9.43. The van der Waals surface area contributed by atoms with Gasteiger partial charge in [-0.2, -0.15) is 4.31 Å². The summed E-state index contributed by atoms with van der Waals surface area (Å²) in [6.45, 7) is 11.5. The molecule has 0 aliphatic heterocycles. The number of hydrogen-bond donors (Lipinski definition) is 1. The summed E-state index contributed by atoms with van der Waals surface area (Å²) in [5.41, 5.74) is 0. The van der Waals surface area contributed by atoms with E-state index in [1.807, 2.05) is 19.9 Å². The van der Waals surface area contributed by atoms with Crippen LogP contribution in [0.1, 0.15) is 32.1 Å². The summed E-state index contributed by atoms with van der Waals surface area (Å²) in [5, 5.41) is 3.28. The van der Waals surface area contributed by atoms with Crippen LogP contribution in [0.25, 0.3) is 0 Å². The van der Waals surface area contributed by atoms with Crippen molar-refractivity contribution in [1.29, 1.82) is 0 Å². The van der Waals surface area contributed by atoms with Crippen molar-refractivity contribution in [2.75, 3.05) is 13.1 Å². The summed E-state index contributed by atoms with van der Waals surface area (Å²) in [6, 6.07) is 3.50. The largest absolute Gasteiger partial charge is 0.312 e. The van der Waals surface area contributed by atoms with Gasteiger partial charge in [0, 0.05) is 24.0 Å². The normalized spacial score (nSPS) is 12.2. The van der Waals surface area contributed by atoms with Crippen molar-refractivity contribution in [2.45, 2.75) is 44.0 Å². The zero-order chi connectivity index (χ0) is 15.2. The monoisotopic (exact) mass is 316 g/mol. The number of rotatable bonds is 9. The molecule has 0 aliphatic rings. The maximum atomic E-state index is 12.6. The molecule has 0 fully saturated rings. The van der Waals surface area contributed by atoms with Crippen LogP contribution in [0.15, 0.2) is 29.0 Å². The Hall–Kier alpha value is -0.690. The first kappa shape index (κ1) is 17.4. The van der Waals surface area contributed by atoms with E-state index in [0.717, 1.165) is 24.4 Å². The SMILES string of the molecule is C=CCN(C(C)C)S(=O)(=O)c1ccc(CNCCC)s1. The number of thiophene rings is 1. The third-order valence-corrected chi connectivity index (χ3v) is 6.41. The van der Waals surface area contributed by atoms with Crippen molar-refractivity contribution in [3.8, 4) is 0 Å². The van der Waals surface area contributed by atoms with Gasteiger partial charge in [-0.25, -0.2) is 8.42 Å². The van der Waals surface area contributed by atoms with Crippen LogP contribution in [-0.4, -0.2) is 31.9 Å². The van der Waals surface area contributed by atoms with Gasteiger partial charge in [0.15, 0.2) is 0 Å². The molecule has 0 radical (unpaired) electrons. The Labute approximate surface area is 126 Å². The molecule has 1 N–H and O–H groups in total. The summed E-state index contributed by atoms with van der Waals surface area (Å²) in [4.78, 5) is 1.04. The second kappa shape index (κ2) is 7.93. The van der Waals surface area contributed by atoms with Gasteiger partial charge in [-0.05, 0) is 38.9 Å². The van der Waals surface area contributed by atoms with Crippen molar-refractivity contribution in [3.63, 3.8) is 0 Å². The van der Waals surface area contributed by atoms with Gasteiger partial charge >= 0.3 is 0 Å². The first-order valence-corrected chi connectivity index (χ1v) is 9.11. The van der Waals surface area contributed by atoms with Crippen LogP contribution in [-0.2, 0) is 16.6 Å². The molecule has 0 bridgehead atoms. The molecule has 4 nitrogen and oxygen atoms in total. The molecule has 0 saturated carbocycles. The Morgan fingerprint density at radius 1 is 1.45 bits per heavy atom. The predicted molar refractivity (Wildman–Crippen MR) is 85.5 cm³/mol. The van der Waals surface area contributed by atoms with Gasteiger partial charge in [-0.1, -0.05) is 13.0 Å². The maximum Gasteiger partial charge on any atom is 0.253 e. The summed E-state index contributed by atoms with van der Waals surface area (Å²) in [7, 11) is -3.42. The van der Waals surface area contributed by atoms with Crippen LogP contribution >= 0.6 is 11.3 Å². The summed E-state index contributed by atoms with van der Waals surface area (Å²) >= 11 is 1.34. The minimum atomic E-state index is -3.42. The molecule has 1 heterocycles. The van der Waals surface area contributed by atoms with E-state index in [1.165, 1.54) is 15.6 Å². The summed E-state index contributed by atoms with van der Waals surface area (Å²) in [6.07, 6.45) is 2.69. The lowest BCUT2D eigenvalue weighted by Gasteiger charge is -2.23. The zero-order valence-corrected chi connectivity index (χ0v) is 14.1. The molecule has 1 aromatic rings. The second-order valence-corrected chi connectivity index (χ2v) is 8.14. The molecular formula is C14H24N2O2S2. The second-order valence-electron chi connectivity index (χ2n) is 4.85.